The quantitative estimate of drug-likeness (QED) is 0.726. The van der Waals surface area contributed by atoms with E-state index in [1.807, 2.05) is 17.0 Å². The lowest BCUT2D eigenvalue weighted by Gasteiger charge is -2.32. The molecule has 0 atom stereocenters. The van der Waals surface area contributed by atoms with Gasteiger partial charge in [-0.1, -0.05) is 0 Å². The van der Waals surface area contributed by atoms with Crippen molar-refractivity contribution < 1.29 is 4.79 Å². The summed E-state index contributed by atoms with van der Waals surface area (Å²) in [5.74, 6) is 0.890. The minimum atomic E-state index is 0.0270. The third kappa shape index (κ3) is 1.43. The number of carbonyl (C=O) groups excluding carboxylic acids is 1. The Labute approximate surface area is 82.9 Å². The number of nitrogens with zero attached hydrogens (tertiary/aromatic N) is 2. The van der Waals surface area contributed by atoms with Gasteiger partial charge in [-0.25, -0.2) is 4.98 Å². The van der Waals surface area contributed by atoms with Gasteiger partial charge in [0.1, 0.15) is 0 Å². The van der Waals surface area contributed by atoms with Crippen LogP contribution in [-0.4, -0.2) is 23.5 Å². The maximum Gasteiger partial charge on any atom is 0.244 e. The highest BCUT2D eigenvalue weighted by Crippen LogP contribution is 2.27. The van der Waals surface area contributed by atoms with E-state index < -0.39 is 0 Å². The lowest BCUT2D eigenvalue weighted by molar-refractivity contribution is -0.115. The first kappa shape index (κ1) is 8.99. The molecule has 0 unspecified atom stereocenters. The van der Waals surface area contributed by atoms with Gasteiger partial charge in [0.25, 0.3) is 0 Å². The first-order chi connectivity index (χ1) is 6.68. The third-order valence-corrected chi connectivity index (χ3v) is 2.27. The van der Waals surface area contributed by atoms with E-state index in [1.165, 1.54) is 0 Å². The number of amides is 1. The monoisotopic (exact) mass is 191 g/mol. The third-order valence-electron chi connectivity index (χ3n) is 2.27. The molecule has 0 spiro atoms. The highest BCUT2D eigenvalue weighted by molar-refractivity contribution is 6.00. The Morgan fingerprint density at radius 3 is 3.07 bits per heavy atom. The van der Waals surface area contributed by atoms with E-state index in [4.69, 9.17) is 0 Å². The molecule has 1 aromatic rings. The van der Waals surface area contributed by atoms with E-state index >= 15 is 0 Å². The van der Waals surface area contributed by atoms with Gasteiger partial charge in [0.15, 0.2) is 5.82 Å². The summed E-state index contributed by atoms with van der Waals surface area (Å²) in [6, 6.07) is 3.98. The molecule has 1 N–H and O–H groups in total. The van der Waals surface area contributed by atoms with Gasteiger partial charge >= 0.3 is 0 Å². The van der Waals surface area contributed by atoms with Crippen molar-refractivity contribution in [2.24, 2.45) is 0 Å². The van der Waals surface area contributed by atoms with Crippen molar-refractivity contribution in [2.75, 3.05) is 16.8 Å². The van der Waals surface area contributed by atoms with E-state index in [2.05, 4.69) is 24.1 Å². The number of hydrogen-bond donors (Lipinski definition) is 1. The maximum absolute atomic E-state index is 11.4. The molecule has 2 rings (SSSR count). The van der Waals surface area contributed by atoms with Crippen LogP contribution in [0.25, 0.3) is 0 Å². The molecular formula is C10H13N3O. The molecule has 1 aliphatic heterocycles. The van der Waals surface area contributed by atoms with Gasteiger partial charge in [0.05, 0.1) is 12.2 Å². The molecule has 0 aromatic carbocycles. The minimum absolute atomic E-state index is 0.0270. The summed E-state index contributed by atoms with van der Waals surface area (Å²) < 4.78 is 0. The van der Waals surface area contributed by atoms with Crippen LogP contribution in [0, 0.1) is 0 Å². The van der Waals surface area contributed by atoms with Gasteiger partial charge in [-0.15, -0.1) is 0 Å². The van der Waals surface area contributed by atoms with E-state index in [9.17, 15) is 4.79 Å². The van der Waals surface area contributed by atoms with Gasteiger partial charge in [0.2, 0.25) is 5.91 Å². The van der Waals surface area contributed by atoms with Gasteiger partial charge in [-0.05, 0) is 26.0 Å². The topological polar surface area (TPSA) is 45.2 Å². The Hall–Kier alpha value is -1.58. The molecule has 14 heavy (non-hydrogen) atoms. The molecule has 1 aliphatic rings. The SMILES string of the molecule is CC(C)N1CC(=O)Nc2cccnc21. The normalized spacial score (nSPS) is 15.4. The van der Waals surface area contributed by atoms with Crippen LogP contribution in [0.3, 0.4) is 0 Å². The summed E-state index contributed by atoms with van der Waals surface area (Å²) in [4.78, 5) is 17.6. The highest BCUT2D eigenvalue weighted by Gasteiger charge is 2.24. The predicted molar refractivity (Wildman–Crippen MR) is 55.3 cm³/mol. The number of anilines is 2. The molecule has 74 valence electrons. The number of nitrogens with one attached hydrogen (secondary N) is 1. The van der Waals surface area contributed by atoms with Crippen molar-refractivity contribution in [3.05, 3.63) is 18.3 Å². The van der Waals surface area contributed by atoms with Crippen LogP contribution in [0.15, 0.2) is 18.3 Å². The fourth-order valence-corrected chi connectivity index (χ4v) is 1.57. The second kappa shape index (κ2) is 3.29. The van der Waals surface area contributed by atoms with E-state index in [0.717, 1.165) is 11.5 Å². The van der Waals surface area contributed by atoms with E-state index in [1.54, 1.807) is 6.20 Å². The number of fused-ring (bicyclic) bond motifs is 1. The Morgan fingerprint density at radius 1 is 1.57 bits per heavy atom. The first-order valence-electron chi connectivity index (χ1n) is 4.70. The summed E-state index contributed by atoms with van der Waals surface area (Å²) in [7, 11) is 0. The zero-order valence-corrected chi connectivity index (χ0v) is 8.32. The predicted octanol–water partition coefficient (Wildman–Crippen LogP) is 1.25. The second-order valence-corrected chi connectivity index (χ2v) is 3.64. The first-order valence-corrected chi connectivity index (χ1v) is 4.70. The van der Waals surface area contributed by atoms with Gasteiger partial charge < -0.3 is 10.2 Å². The van der Waals surface area contributed by atoms with Crippen LogP contribution >= 0.6 is 0 Å². The van der Waals surface area contributed by atoms with Gasteiger partial charge in [-0.2, -0.15) is 0 Å². The maximum atomic E-state index is 11.4. The van der Waals surface area contributed by atoms with Crippen LogP contribution < -0.4 is 10.2 Å². The van der Waals surface area contributed by atoms with Crippen LogP contribution in [0.5, 0.6) is 0 Å². The highest BCUT2D eigenvalue weighted by atomic mass is 16.2. The molecule has 0 fully saturated rings. The summed E-state index contributed by atoms with van der Waals surface area (Å²) in [6.07, 6.45) is 1.74. The van der Waals surface area contributed by atoms with Crippen molar-refractivity contribution in [1.29, 1.82) is 0 Å². The number of carbonyl (C=O) groups is 1. The molecule has 0 radical (unpaired) electrons. The molecule has 4 nitrogen and oxygen atoms in total. The molecule has 0 saturated carbocycles. The molecule has 0 aliphatic carbocycles. The smallest absolute Gasteiger partial charge is 0.244 e. The Morgan fingerprint density at radius 2 is 2.36 bits per heavy atom. The lowest BCUT2D eigenvalue weighted by atomic mass is 10.2. The molecule has 0 bridgehead atoms. The fraction of sp³-hybridized carbons (Fsp3) is 0.400. The Balaban J connectivity index is 2.43. The zero-order chi connectivity index (χ0) is 10.1. The van der Waals surface area contributed by atoms with Crippen LogP contribution in [0.2, 0.25) is 0 Å². The van der Waals surface area contributed by atoms with Crippen molar-refractivity contribution in [2.45, 2.75) is 19.9 Å². The van der Waals surface area contributed by atoms with E-state index in [0.29, 0.717) is 6.54 Å². The Kier molecular flexibility index (Phi) is 2.11. The lowest BCUT2D eigenvalue weighted by Crippen LogP contribution is -2.42. The molecule has 2 heterocycles. The Bertz CT molecular complexity index is 362. The summed E-state index contributed by atoms with van der Waals surface area (Å²) in [5, 5.41) is 2.80. The average molecular weight is 191 g/mol. The number of pyridine rings is 1. The summed E-state index contributed by atoms with van der Waals surface area (Å²) in [5.41, 5.74) is 0.803. The average Bonchev–Trinajstić information content (AvgIpc) is 2.16. The van der Waals surface area contributed by atoms with Crippen molar-refractivity contribution in [3.63, 3.8) is 0 Å². The van der Waals surface area contributed by atoms with Crippen molar-refractivity contribution >= 4 is 17.4 Å². The van der Waals surface area contributed by atoms with Crippen LogP contribution in [0.4, 0.5) is 11.5 Å². The molecule has 1 amide bonds. The zero-order valence-electron chi connectivity index (χ0n) is 8.32. The number of aromatic nitrogens is 1. The van der Waals surface area contributed by atoms with Crippen LogP contribution in [0.1, 0.15) is 13.8 Å². The molecule has 1 aromatic heterocycles. The number of rotatable bonds is 1. The van der Waals surface area contributed by atoms with Gasteiger partial charge in [-0.3, -0.25) is 4.79 Å². The molecule has 0 saturated heterocycles. The molecular weight excluding hydrogens is 178 g/mol. The summed E-state index contributed by atoms with van der Waals surface area (Å²) >= 11 is 0. The second-order valence-electron chi connectivity index (χ2n) is 3.64. The van der Waals surface area contributed by atoms with E-state index in [-0.39, 0.29) is 11.9 Å². The van der Waals surface area contributed by atoms with Crippen molar-refractivity contribution in [3.8, 4) is 0 Å². The standard InChI is InChI=1S/C10H13N3O/c1-7(2)13-6-9(14)12-8-4-3-5-11-10(8)13/h3-5,7H,6H2,1-2H3,(H,12,14). The van der Waals surface area contributed by atoms with Crippen molar-refractivity contribution in [1.82, 2.24) is 4.98 Å². The largest absolute Gasteiger partial charge is 0.343 e. The minimum Gasteiger partial charge on any atom is -0.343 e. The van der Waals surface area contributed by atoms with Gasteiger partial charge in [0, 0.05) is 12.2 Å². The number of hydrogen-bond acceptors (Lipinski definition) is 3. The fourth-order valence-electron chi connectivity index (χ4n) is 1.57. The summed E-state index contributed by atoms with van der Waals surface area (Å²) in [6.45, 7) is 4.50. The van der Waals surface area contributed by atoms with Crippen LogP contribution in [-0.2, 0) is 4.79 Å². The molecule has 4 heteroatoms.